The molecule has 2 rings (SSSR count). The summed E-state index contributed by atoms with van der Waals surface area (Å²) < 4.78 is 0.794. The number of aryl methyl sites for hydroxylation is 2. The van der Waals surface area contributed by atoms with Crippen molar-refractivity contribution in [3.63, 3.8) is 0 Å². The van der Waals surface area contributed by atoms with Crippen molar-refractivity contribution in [1.82, 2.24) is 10.2 Å². The number of amides is 1. The fourth-order valence-corrected chi connectivity index (χ4v) is 3.27. The number of rotatable bonds is 4. The van der Waals surface area contributed by atoms with Crippen LogP contribution in [0.25, 0.3) is 0 Å². The number of halogens is 1. The second-order valence-electron chi connectivity index (χ2n) is 3.91. The highest BCUT2D eigenvalue weighted by atomic mass is 35.5. The molecule has 1 N–H and O–H groups in total. The van der Waals surface area contributed by atoms with Gasteiger partial charge in [0.25, 0.3) is 0 Å². The van der Waals surface area contributed by atoms with Gasteiger partial charge in [-0.1, -0.05) is 40.8 Å². The van der Waals surface area contributed by atoms with Crippen LogP contribution in [0.4, 0.5) is 5.69 Å². The van der Waals surface area contributed by atoms with Crippen LogP contribution in [0.15, 0.2) is 22.5 Å². The molecule has 0 saturated carbocycles. The Hall–Kier alpha value is -1.11. The number of anilines is 1. The van der Waals surface area contributed by atoms with Gasteiger partial charge in [-0.05, 0) is 31.5 Å². The SMILES string of the molecule is Cc1ccc(NC(=O)CSc2nnc(C)s2)c(Cl)c1. The van der Waals surface area contributed by atoms with Crippen LogP contribution in [0.2, 0.25) is 5.02 Å². The Labute approximate surface area is 124 Å². The van der Waals surface area contributed by atoms with E-state index in [4.69, 9.17) is 11.6 Å². The minimum absolute atomic E-state index is 0.108. The van der Waals surface area contributed by atoms with Gasteiger partial charge in [-0.3, -0.25) is 4.79 Å². The van der Waals surface area contributed by atoms with E-state index in [1.165, 1.54) is 23.1 Å². The van der Waals surface area contributed by atoms with Crippen molar-refractivity contribution in [2.24, 2.45) is 0 Å². The lowest BCUT2D eigenvalue weighted by Crippen LogP contribution is -2.14. The molecule has 0 bridgehead atoms. The fraction of sp³-hybridized carbons (Fsp3) is 0.250. The highest BCUT2D eigenvalue weighted by Crippen LogP contribution is 2.24. The van der Waals surface area contributed by atoms with Crippen LogP contribution in [-0.2, 0) is 4.79 Å². The number of benzene rings is 1. The zero-order valence-electron chi connectivity index (χ0n) is 10.4. The number of nitrogens with zero attached hydrogens (tertiary/aromatic N) is 2. The van der Waals surface area contributed by atoms with Gasteiger partial charge in [0.2, 0.25) is 5.91 Å². The maximum absolute atomic E-state index is 11.8. The summed E-state index contributed by atoms with van der Waals surface area (Å²) in [5, 5.41) is 12.1. The Morgan fingerprint density at radius 3 is 2.84 bits per heavy atom. The summed E-state index contributed by atoms with van der Waals surface area (Å²) in [5.74, 6) is 0.183. The molecule has 4 nitrogen and oxygen atoms in total. The molecule has 1 amide bonds. The topological polar surface area (TPSA) is 54.9 Å². The van der Waals surface area contributed by atoms with Crippen molar-refractivity contribution in [1.29, 1.82) is 0 Å². The molecule has 100 valence electrons. The van der Waals surface area contributed by atoms with Crippen molar-refractivity contribution >= 4 is 46.3 Å². The average Bonchev–Trinajstić information content (AvgIpc) is 2.76. The summed E-state index contributed by atoms with van der Waals surface area (Å²) in [4.78, 5) is 11.8. The van der Waals surface area contributed by atoms with E-state index < -0.39 is 0 Å². The highest BCUT2D eigenvalue weighted by Gasteiger charge is 2.08. The minimum atomic E-state index is -0.108. The lowest BCUT2D eigenvalue weighted by molar-refractivity contribution is -0.113. The largest absolute Gasteiger partial charge is 0.324 e. The molecule has 0 unspecified atom stereocenters. The minimum Gasteiger partial charge on any atom is -0.324 e. The maximum Gasteiger partial charge on any atom is 0.234 e. The third-order valence-electron chi connectivity index (χ3n) is 2.23. The smallest absolute Gasteiger partial charge is 0.234 e. The van der Waals surface area contributed by atoms with Gasteiger partial charge < -0.3 is 5.32 Å². The summed E-state index contributed by atoms with van der Waals surface area (Å²) in [6.07, 6.45) is 0. The van der Waals surface area contributed by atoms with E-state index in [2.05, 4.69) is 15.5 Å². The summed E-state index contributed by atoms with van der Waals surface area (Å²) >= 11 is 8.90. The van der Waals surface area contributed by atoms with Gasteiger partial charge in [0.05, 0.1) is 16.5 Å². The molecule has 1 aromatic carbocycles. The van der Waals surface area contributed by atoms with Crippen LogP contribution in [0, 0.1) is 13.8 Å². The predicted octanol–water partition coefficient (Wildman–Crippen LogP) is 3.54. The molecule has 7 heteroatoms. The average molecular weight is 314 g/mol. The Balaban J connectivity index is 1.90. The number of carbonyl (C=O) groups is 1. The molecule has 0 radical (unpaired) electrons. The molecule has 0 aliphatic carbocycles. The second-order valence-corrected chi connectivity index (χ2v) is 6.72. The Bertz CT molecular complexity index is 600. The first kappa shape index (κ1) is 14.3. The quantitative estimate of drug-likeness (QED) is 0.877. The third kappa shape index (κ3) is 4.19. The van der Waals surface area contributed by atoms with Gasteiger partial charge in [0, 0.05) is 0 Å². The van der Waals surface area contributed by atoms with Crippen LogP contribution in [0.5, 0.6) is 0 Å². The molecule has 2 aromatic rings. The van der Waals surface area contributed by atoms with E-state index in [0.717, 1.165) is 14.9 Å². The van der Waals surface area contributed by atoms with Crippen LogP contribution < -0.4 is 5.32 Å². The third-order valence-corrected chi connectivity index (χ3v) is 4.52. The Morgan fingerprint density at radius 2 is 2.21 bits per heavy atom. The molecular formula is C12H12ClN3OS2. The van der Waals surface area contributed by atoms with Gasteiger partial charge in [-0.25, -0.2) is 0 Å². The number of hydrogen-bond acceptors (Lipinski definition) is 5. The Kier molecular flexibility index (Phi) is 4.79. The number of hydrogen-bond donors (Lipinski definition) is 1. The number of nitrogens with one attached hydrogen (secondary N) is 1. The van der Waals surface area contributed by atoms with Crippen LogP contribution in [0.3, 0.4) is 0 Å². The monoisotopic (exact) mass is 313 g/mol. The standard InChI is InChI=1S/C12H12ClN3OS2/c1-7-3-4-10(9(13)5-7)14-11(17)6-18-12-16-15-8(2)19-12/h3-5H,6H2,1-2H3,(H,14,17). The first-order valence-corrected chi connectivity index (χ1v) is 7.71. The zero-order chi connectivity index (χ0) is 13.8. The van der Waals surface area contributed by atoms with Crippen molar-refractivity contribution in [2.45, 2.75) is 18.2 Å². The second kappa shape index (κ2) is 6.36. The van der Waals surface area contributed by atoms with Crippen molar-refractivity contribution in [3.8, 4) is 0 Å². The van der Waals surface area contributed by atoms with Crippen molar-refractivity contribution in [2.75, 3.05) is 11.1 Å². The summed E-state index contributed by atoms with van der Waals surface area (Å²) in [6.45, 7) is 3.83. The molecule has 0 fully saturated rings. The van der Waals surface area contributed by atoms with Crippen molar-refractivity contribution < 1.29 is 4.79 Å². The highest BCUT2D eigenvalue weighted by molar-refractivity contribution is 8.01. The first-order chi connectivity index (χ1) is 9.04. The fourth-order valence-electron chi connectivity index (χ4n) is 1.37. The number of aromatic nitrogens is 2. The number of carbonyl (C=O) groups excluding carboxylic acids is 1. The van der Waals surface area contributed by atoms with E-state index in [9.17, 15) is 4.79 Å². The van der Waals surface area contributed by atoms with Crippen LogP contribution in [-0.4, -0.2) is 21.9 Å². The normalized spacial score (nSPS) is 10.5. The molecule has 0 aliphatic heterocycles. The van der Waals surface area contributed by atoms with Gasteiger partial charge in [0.1, 0.15) is 5.01 Å². The molecule has 0 spiro atoms. The number of thioether (sulfide) groups is 1. The molecule has 0 saturated heterocycles. The van der Waals surface area contributed by atoms with Gasteiger partial charge in [-0.2, -0.15) is 0 Å². The lowest BCUT2D eigenvalue weighted by Gasteiger charge is -2.06. The molecule has 0 aliphatic rings. The van der Waals surface area contributed by atoms with Gasteiger partial charge in [0.15, 0.2) is 4.34 Å². The van der Waals surface area contributed by atoms with Gasteiger partial charge >= 0.3 is 0 Å². The van der Waals surface area contributed by atoms with Crippen LogP contribution in [0.1, 0.15) is 10.6 Å². The molecule has 0 atom stereocenters. The lowest BCUT2D eigenvalue weighted by atomic mass is 10.2. The molecule has 19 heavy (non-hydrogen) atoms. The predicted molar refractivity (Wildman–Crippen MR) is 80.2 cm³/mol. The van der Waals surface area contributed by atoms with E-state index in [1.807, 2.05) is 26.0 Å². The van der Waals surface area contributed by atoms with Crippen LogP contribution >= 0.6 is 34.7 Å². The van der Waals surface area contributed by atoms with E-state index >= 15 is 0 Å². The maximum atomic E-state index is 11.8. The Morgan fingerprint density at radius 1 is 1.42 bits per heavy atom. The van der Waals surface area contributed by atoms with Gasteiger partial charge in [-0.15, -0.1) is 10.2 Å². The van der Waals surface area contributed by atoms with E-state index in [0.29, 0.717) is 16.5 Å². The summed E-state index contributed by atoms with van der Waals surface area (Å²) in [6, 6.07) is 5.52. The molecule has 1 heterocycles. The molecule has 1 aromatic heterocycles. The first-order valence-electron chi connectivity index (χ1n) is 5.53. The summed E-state index contributed by atoms with van der Waals surface area (Å²) in [7, 11) is 0. The summed E-state index contributed by atoms with van der Waals surface area (Å²) in [5.41, 5.74) is 1.69. The van der Waals surface area contributed by atoms with E-state index in [-0.39, 0.29) is 5.91 Å². The zero-order valence-corrected chi connectivity index (χ0v) is 12.8. The van der Waals surface area contributed by atoms with Crippen molar-refractivity contribution in [3.05, 3.63) is 33.8 Å². The van der Waals surface area contributed by atoms with E-state index in [1.54, 1.807) is 6.07 Å². The molecular weight excluding hydrogens is 302 g/mol.